The van der Waals surface area contributed by atoms with Gasteiger partial charge in [0.15, 0.2) is 11.6 Å². The first-order chi connectivity index (χ1) is 40.1. The summed E-state index contributed by atoms with van der Waals surface area (Å²) in [6.45, 7) is 23.9. The molecule has 8 rings (SSSR count). The summed E-state index contributed by atoms with van der Waals surface area (Å²) in [6.07, 6.45) is 8.68. The summed E-state index contributed by atoms with van der Waals surface area (Å²) in [5.74, 6) is -2.84. The molecule has 3 N–H and O–H groups in total. The van der Waals surface area contributed by atoms with Crippen LogP contribution in [0.25, 0.3) is 22.3 Å². The van der Waals surface area contributed by atoms with Gasteiger partial charge in [-0.25, -0.2) is 8.78 Å². The number of aryl methyl sites for hydroxylation is 4. The third-order valence-corrected chi connectivity index (χ3v) is 16.5. The smallest absolute Gasteiger partial charge is 0.870 e. The summed E-state index contributed by atoms with van der Waals surface area (Å²) in [5.41, 5.74) is 9.99. The van der Waals surface area contributed by atoms with Gasteiger partial charge in [0, 0.05) is 62.3 Å². The number of ether oxygens (including phenoxy) is 1. The number of aliphatic carboxylic acids is 1. The van der Waals surface area contributed by atoms with Gasteiger partial charge >= 0.3 is 30.8 Å². The Morgan fingerprint density at radius 2 is 0.931 bits per heavy atom. The molecule has 2 fully saturated rings. The van der Waals surface area contributed by atoms with Gasteiger partial charge in [0.25, 0.3) is 11.1 Å². The second-order valence-electron chi connectivity index (χ2n) is 24.2. The summed E-state index contributed by atoms with van der Waals surface area (Å²) >= 11 is 0. The maximum absolute atomic E-state index is 14.1. The van der Waals surface area contributed by atoms with Crippen molar-refractivity contribution in [2.24, 2.45) is 11.8 Å². The van der Waals surface area contributed by atoms with Crippen LogP contribution in [0.15, 0.2) is 119 Å². The number of carboxylic acid groups (broad SMARTS) is 1. The van der Waals surface area contributed by atoms with Crippen LogP contribution in [0.5, 0.6) is 0 Å². The molecule has 2 saturated heterocycles. The van der Waals surface area contributed by atoms with Gasteiger partial charge in [-0.3, -0.25) is 28.8 Å². The predicted octanol–water partition coefficient (Wildman–Crippen LogP) is 9.78. The van der Waals surface area contributed by atoms with Gasteiger partial charge in [0.05, 0.1) is 31.5 Å². The number of rotatable bonds is 27. The van der Waals surface area contributed by atoms with E-state index in [-0.39, 0.29) is 114 Å². The molecule has 4 aromatic carbocycles. The summed E-state index contributed by atoms with van der Waals surface area (Å²) in [7, 11) is 0. The Labute approximate surface area is 524 Å². The van der Waals surface area contributed by atoms with Gasteiger partial charge in [0.1, 0.15) is 11.6 Å². The van der Waals surface area contributed by atoms with Crippen molar-refractivity contribution in [3.05, 3.63) is 186 Å². The monoisotopic (exact) mass is 1190 g/mol. The largest absolute Gasteiger partial charge is 1.00 e. The number of likely N-dealkylation sites (tertiary alicyclic amines) is 2. The molecule has 0 bridgehead atoms. The zero-order chi connectivity index (χ0) is 60.8. The molecular formula is C70H88F2LiN4O10-. The molecule has 0 aliphatic carbocycles. The third kappa shape index (κ3) is 20.5. The molecule has 2 aliphatic heterocycles. The van der Waals surface area contributed by atoms with Gasteiger partial charge < -0.3 is 39.7 Å². The minimum absolute atomic E-state index is 0. The molecule has 0 saturated carbocycles. The van der Waals surface area contributed by atoms with Crippen molar-refractivity contribution in [1.82, 2.24) is 18.9 Å². The molecule has 4 heterocycles. The summed E-state index contributed by atoms with van der Waals surface area (Å²) in [5, 5.41) is 9.76. The average molecular weight is 1190 g/mol. The molecule has 2 aliphatic rings. The standard InChI is InChI=1S/C36H45FN2O4.C34H41FN2O4.Li.2H2O/c1-6-43-35(42)22-30(28-9-7-10-29(20-28)36-25(4)18-31(37)19-26(36)5)21-33(40)32(17-24(2)3)39-23-27(11-12-34(39)41)13-16-38-14-8-15-38;1-22(2)15-30(37-21-25(9-10-32(37)39)11-14-36-12-6-13-36)31(38)19-28(20-33(40)41)26-7-5-8-27(18-26)34-23(3)16-29(35)17-24(34)4;;;/h7,9-12,18-20,23-24,30,32H,6,8,13-17,21-22H2,1-5H3;5,7-10,16-18,21-22,28,30H,6,11-15,19-20H2,1-4H3,(H,40,41);;2*1H2/q;;+1;;/p-2/t30-,32?;28-,30?;;;/m00.../s1. The van der Waals surface area contributed by atoms with Crippen molar-refractivity contribution >= 4 is 23.5 Å². The first kappa shape index (κ1) is 72.8. The molecule has 17 heteroatoms. The molecule has 2 aromatic heterocycles. The van der Waals surface area contributed by atoms with E-state index in [0.717, 1.165) is 119 Å². The number of carboxylic acids is 1. The van der Waals surface area contributed by atoms with Crippen molar-refractivity contribution in [3.63, 3.8) is 0 Å². The molecule has 0 spiro atoms. The second-order valence-corrected chi connectivity index (χ2v) is 24.2. The SMILES string of the molecule is CCOC(=O)C[C@H](CC(=O)C(CC(C)C)n1cc(CCN2CCC2)ccc1=O)c1cccc(-c2c(C)cc(F)cc2C)c1.Cc1cc(F)cc(C)c1-c1cccc([C@H](CC(=O)O)CC(=O)C(CC(C)C)n2cc(CCN3CCC3)ccc2=O)c1.[Li+].[OH-].[OH-]. The van der Waals surface area contributed by atoms with E-state index in [2.05, 4.69) is 9.80 Å². The van der Waals surface area contributed by atoms with Crippen LogP contribution in [-0.4, -0.2) is 104 Å². The summed E-state index contributed by atoms with van der Waals surface area (Å²) in [4.78, 5) is 83.6. The van der Waals surface area contributed by atoms with Crippen LogP contribution in [0.4, 0.5) is 8.78 Å². The van der Waals surface area contributed by atoms with E-state index in [1.807, 2.05) is 128 Å². The van der Waals surface area contributed by atoms with Crippen molar-refractivity contribution in [2.45, 2.75) is 150 Å². The number of benzene rings is 4. The van der Waals surface area contributed by atoms with E-state index < -0.39 is 29.9 Å². The number of hydrogen-bond donors (Lipinski definition) is 1. The fourth-order valence-electron chi connectivity index (χ4n) is 12.0. The fraction of sp³-hybridized carbons (Fsp3) is 0.457. The number of Topliss-reactive ketones (excluding diaryl/α,β-unsaturated/α-hetero) is 2. The Balaban J connectivity index is 0.000000360. The number of nitrogens with zero attached hydrogens (tertiary/aromatic N) is 4. The maximum Gasteiger partial charge on any atom is 1.00 e. The van der Waals surface area contributed by atoms with E-state index in [0.29, 0.717) is 12.8 Å². The van der Waals surface area contributed by atoms with Crippen LogP contribution in [0, 0.1) is 51.2 Å². The summed E-state index contributed by atoms with van der Waals surface area (Å²) < 4.78 is 36.4. The number of carbonyl (C=O) groups is 4. The molecule has 0 amide bonds. The Kier molecular flexibility index (Phi) is 28.6. The first-order valence-corrected chi connectivity index (χ1v) is 30.1. The molecule has 2 unspecified atom stereocenters. The van der Waals surface area contributed by atoms with E-state index in [1.54, 1.807) is 22.1 Å². The molecule has 464 valence electrons. The Hall–Kier alpha value is -6.64. The van der Waals surface area contributed by atoms with E-state index in [4.69, 9.17) is 4.74 Å². The molecule has 14 nitrogen and oxygen atoms in total. The fourth-order valence-corrected chi connectivity index (χ4v) is 12.0. The Morgan fingerprint density at radius 1 is 0.552 bits per heavy atom. The molecule has 87 heavy (non-hydrogen) atoms. The van der Waals surface area contributed by atoms with Crippen molar-refractivity contribution < 1.29 is 67.6 Å². The zero-order valence-electron chi connectivity index (χ0n) is 52.6. The zero-order valence-corrected chi connectivity index (χ0v) is 52.6. The van der Waals surface area contributed by atoms with E-state index >= 15 is 0 Å². The number of halogens is 2. The molecular weight excluding hydrogens is 1100 g/mol. The molecule has 4 atom stereocenters. The number of hydrogen-bond acceptors (Lipinski definition) is 11. The Bertz CT molecular complexity index is 3360. The number of ketones is 2. The minimum atomic E-state index is -0.993. The van der Waals surface area contributed by atoms with Gasteiger partial charge in [0.2, 0.25) is 0 Å². The third-order valence-electron chi connectivity index (χ3n) is 16.5. The summed E-state index contributed by atoms with van der Waals surface area (Å²) in [6, 6.07) is 26.8. The van der Waals surface area contributed by atoms with Crippen molar-refractivity contribution in [1.29, 1.82) is 0 Å². The quantitative estimate of drug-likeness (QED) is 0.0378. The number of pyridine rings is 2. The minimum Gasteiger partial charge on any atom is -0.870 e. The van der Waals surface area contributed by atoms with E-state index in [9.17, 15) is 42.7 Å². The van der Waals surface area contributed by atoms with Crippen LogP contribution in [0.1, 0.15) is 154 Å². The second kappa shape index (κ2) is 34.2. The Morgan fingerprint density at radius 3 is 1.26 bits per heavy atom. The van der Waals surface area contributed by atoms with Crippen LogP contribution in [0.2, 0.25) is 0 Å². The van der Waals surface area contributed by atoms with Crippen LogP contribution >= 0.6 is 0 Å². The van der Waals surface area contributed by atoms with E-state index in [1.165, 1.54) is 43.2 Å². The number of carbonyl (C=O) groups excluding carboxylic acids is 3. The van der Waals surface area contributed by atoms with Crippen LogP contribution < -0.4 is 30.0 Å². The van der Waals surface area contributed by atoms with Crippen molar-refractivity contribution in [3.8, 4) is 22.3 Å². The van der Waals surface area contributed by atoms with Crippen molar-refractivity contribution in [2.75, 3.05) is 45.9 Å². The predicted molar refractivity (Wildman–Crippen MR) is 333 cm³/mol. The first-order valence-electron chi connectivity index (χ1n) is 30.1. The molecule has 6 aromatic rings. The van der Waals surface area contributed by atoms with Crippen LogP contribution in [-0.2, 0) is 36.8 Å². The van der Waals surface area contributed by atoms with Gasteiger partial charge in [-0.15, -0.1) is 0 Å². The number of esters is 1. The normalized spacial score (nSPS) is 14.4. The average Bonchev–Trinajstić information content (AvgIpc) is 1.45. The number of aromatic nitrogens is 2. The van der Waals surface area contributed by atoms with Gasteiger partial charge in [-0.2, -0.15) is 0 Å². The maximum atomic E-state index is 14.1. The van der Waals surface area contributed by atoms with Gasteiger partial charge in [-0.1, -0.05) is 88.4 Å². The topological polar surface area (TPSA) is 208 Å². The van der Waals surface area contributed by atoms with Crippen LogP contribution in [0.3, 0.4) is 0 Å². The molecule has 0 radical (unpaired) electrons. The van der Waals surface area contributed by atoms with Gasteiger partial charge in [-0.05, 0) is 202 Å².